The average Bonchev–Trinajstić information content (AvgIpc) is 1.10. The van der Waals surface area contributed by atoms with Gasteiger partial charge in [-0.25, -0.2) is 4.79 Å². The summed E-state index contributed by atoms with van der Waals surface area (Å²) >= 11 is 0. The average molecular weight is 1180 g/mol. The molecule has 13 atom stereocenters. The van der Waals surface area contributed by atoms with E-state index in [-0.39, 0.29) is 39.3 Å². The molecule has 4 aliphatic rings. The van der Waals surface area contributed by atoms with Crippen LogP contribution in [0.25, 0.3) is 0 Å². The monoisotopic (exact) mass is 1180 g/mol. The van der Waals surface area contributed by atoms with Gasteiger partial charge in [0.25, 0.3) is 0 Å². The Morgan fingerprint density at radius 3 is 1.45 bits per heavy atom. The van der Waals surface area contributed by atoms with Crippen molar-refractivity contribution in [2.75, 3.05) is 6.61 Å². The summed E-state index contributed by atoms with van der Waals surface area (Å²) in [5.41, 5.74) is -2.92. The van der Waals surface area contributed by atoms with E-state index in [2.05, 4.69) is 0 Å². The first kappa shape index (κ1) is 57.0. The summed E-state index contributed by atoms with van der Waals surface area (Å²) in [7, 11) is 0. The third-order valence-electron chi connectivity index (χ3n) is 15.5. The minimum atomic E-state index is -2.10. The number of esters is 1. The summed E-state index contributed by atoms with van der Waals surface area (Å²) in [6, 6.07) is 14.9. The van der Waals surface area contributed by atoms with Crippen molar-refractivity contribution < 1.29 is 135 Å². The SMILES string of the molecule is O=C(OC1Cc2c(O)cc(O)c(C3c4c(O)cc(O)c(C5c6c(O)cc(OC7OC(CO)C(O)C(O)C7O)cc6OC(c6ccc(O)c(O)c6)C5O)c4OC(c4ccc(O)c(O)c4)C3O)c2OC1c1ccc(O)c(O)c1)c1cc(O)c(O)c(O)c1. The number of phenols is 14. The van der Waals surface area contributed by atoms with Crippen LogP contribution in [0.15, 0.2) is 91.0 Å². The van der Waals surface area contributed by atoms with Crippen molar-refractivity contribution in [1.82, 2.24) is 0 Å². The van der Waals surface area contributed by atoms with Gasteiger partial charge in [0.05, 0.1) is 24.0 Å². The van der Waals surface area contributed by atoms with Crippen LogP contribution in [0.4, 0.5) is 0 Å². The molecule has 0 amide bonds. The third-order valence-corrected chi connectivity index (χ3v) is 15.5. The summed E-state index contributed by atoms with van der Waals surface area (Å²) in [6.07, 6.45) is -20.4. The number of aliphatic hydroxyl groups is 6. The van der Waals surface area contributed by atoms with Crippen LogP contribution in [-0.2, 0) is 15.9 Å². The second kappa shape index (κ2) is 21.4. The summed E-state index contributed by atoms with van der Waals surface area (Å²) in [5.74, 6) is -17.9. The Labute approximate surface area is 476 Å². The van der Waals surface area contributed by atoms with Crippen LogP contribution in [0.5, 0.6) is 103 Å². The molecule has 0 saturated carbocycles. The minimum absolute atomic E-state index is 0.0467. The Morgan fingerprint density at radius 1 is 0.447 bits per heavy atom. The molecule has 7 aromatic rings. The predicted octanol–water partition coefficient (Wildman–Crippen LogP) is 2.90. The Kier molecular flexibility index (Phi) is 14.3. The molecule has 0 spiro atoms. The molecule has 27 nitrogen and oxygen atoms in total. The number of aliphatic hydroxyl groups excluding tert-OH is 6. The van der Waals surface area contributed by atoms with Crippen LogP contribution < -0.4 is 18.9 Å². The van der Waals surface area contributed by atoms with Gasteiger partial charge >= 0.3 is 5.97 Å². The molecule has 4 aliphatic heterocycles. The molecule has 7 aromatic carbocycles. The van der Waals surface area contributed by atoms with Crippen molar-refractivity contribution >= 4 is 5.97 Å². The normalized spacial score (nSPS) is 25.9. The molecule has 85 heavy (non-hydrogen) atoms. The lowest BCUT2D eigenvalue weighted by Crippen LogP contribution is -2.60. The lowest BCUT2D eigenvalue weighted by atomic mass is 9.73. The van der Waals surface area contributed by atoms with E-state index in [1.165, 1.54) is 18.2 Å². The minimum Gasteiger partial charge on any atom is -0.507 e. The maximum absolute atomic E-state index is 13.8. The number of hydrogen-bond acceptors (Lipinski definition) is 27. The van der Waals surface area contributed by atoms with Crippen LogP contribution in [0.1, 0.15) is 85.0 Å². The van der Waals surface area contributed by atoms with Crippen molar-refractivity contribution in [2.45, 2.75) is 85.6 Å². The number of phenolic OH excluding ortho intramolecular Hbond substituents is 14. The van der Waals surface area contributed by atoms with E-state index >= 15 is 0 Å². The maximum Gasteiger partial charge on any atom is 0.338 e. The standard InChI is InChI=1S/C58H52O27/c59-17-39-47(74)50(77)51(78)58(83-39)80-22-12-31(67)40-37(13-22)81-53(19-2-5-25(61)29(65)8-19)48(75)44(40)42-33(69)16-34(70)43-45(49(76)54(85-56(42)43)20-3-6-26(62)30(66)9-20)41-32(68)15-27(63)23-14-38(82-57(79)21-10-35(71)46(73)36(72)11-21)52(84-55(23)41)18-1-4-24(60)28(64)7-18/h1-13,15-16,38-39,44-45,47-54,58-78H,14,17H2. The number of rotatable bonds is 10. The number of hydrogen-bond donors (Lipinski definition) is 20. The molecule has 446 valence electrons. The first-order valence-corrected chi connectivity index (χ1v) is 25.7. The highest BCUT2D eigenvalue weighted by molar-refractivity contribution is 5.91. The fourth-order valence-corrected chi connectivity index (χ4v) is 11.3. The van der Waals surface area contributed by atoms with E-state index in [4.69, 9.17) is 28.4 Å². The number of carbonyl (C=O) groups excluding carboxylic acids is 1. The highest BCUT2D eigenvalue weighted by atomic mass is 16.7. The van der Waals surface area contributed by atoms with Crippen LogP contribution in [-0.4, -0.2) is 164 Å². The van der Waals surface area contributed by atoms with Crippen LogP contribution in [0, 0.1) is 0 Å². The number of ether oxygens (including phenoxy) is 6. The van der Waals surface area contributed by atoms with E-state index in [0.717, 1.165) is 72.8 Å². The first-order valence-electron chi connectivity index (χ1n) is 25.7. The molecule has 1 saturated heterocycles. The largest absolute Gasteiger partial charge is 0.507 e. The van der Waals surface area contributed by atoms with Gasteiger partial charge in [-0.3, -0.25) is 0 Å². The van der Waals surface area contributed by atoms with Gasteiger partial charge < -0.3 is 131 Å². The summed E-state index contributed by atoms with van der Waals surface area (Å²) in [4.78, 5) is 13.8. The number of benzene rings is 7. The van der Waals surface area contributed by atoms with E-state index in [0.29, 0.717) is 0 Å². The molecule has 13 unspecified atom stereocenters. The summed E-state index contributed by atoms with van der Waals surface area (Å²) < 4.78 is 36.7. The quantitative estimate of drug-likeness (QED) is 0.0691. The lowest BCUT2D eigenvalue weighted by molar-refractivity contribution is -0.277. The fraction of sp³-hybridized carbons (Fsp3) is 0.259. The third kappa shape index (κ3) is 9.73. The molecular weight excluding hydrogens is 1130 g/mol. The topological polar surface area (TPSA) is 477 Å². The molecule has 4 heterocycles. The summed E-state index contributed by atoms with van der Waals surface area (Å²) in [5, 5.41) is 222. The zero-order valence-electron chi connectivity index (χ0n) is 43.4. The van der Waals surface area contributed by atoms with Gasteiger partial charge in [-0.15, -0.1) is 0 Å². The Morgan fingerprint density at radius 2 is 0.918 bits per heavy atom. The molecular formula is C58H52O27. The van der Waals surface area contributed by atoms with E-state index in [1.54, 1.807) is 0 Å². The highest BCUT2D eigenvalue weighted by Gasteiger charge is 2.52. The molecule has 0 aliphatic carbocycles. The fourth-order valence-electron chi connectivity index (χ4n) is 11.3. The van der Waals surface area contributed by atoms with Gasteiger partial charge in [-0.1, -0.05) is 18.2 Å². The van der Waals surface area contributed by atoms with E-state index in [1.807, 2.05) is 0 Å². The molecule has 20 N–H and O–H groups in total. The highest BCUT2D eigenvalue weighted by Crippen LogP contribution is 2.63. The van der Waals surface area contributed by atoms with Crippen molar-refractivity contribution in [1.29, 1.82) is 0 Å². The van der Waals surface area contributed by atoms with Gasteiger partial charge in [0, 0.05) is 64.1 Å². The molecule has 27 heteroatoms. The Bertz CT molecular complexity index is 3790. The van der Waals surface area contributed by atoms with Gasteiger partial charge in [0.2, 0.25) is 6.29 Å². The number of carbonyl (C=O) groups is 1. The van der Waals surface area contributed by atoms with Gasteiger partial charge in [-0.05, 0) is 59.7 Å². The number of fused-ring (bicyclic) bond motifs is 3. The Balaban J connectivity index is 1.11. The van der Waals surface area contributed by atoms with Crippen molar-refractivity contribution in [3.05, 3.63) is 141 Å². The van der Waals surface area contributed by atoms with Crippen molar-refractivity contribution in [3.8, 4) is 103 Å². The Hall–Kier alpha value is -9.87. The van der Waals surface area contributed by atoms with Gasteiger partial charge in [-0.2, -0.15) is 0 Å². The van der Waals surface area contributed by atoms with Gasteiger partial charge in [0.15, 0.2) is 70.1 Å². The zero-order chi connectivity index (χ0) is 60.9. The molecule has 11 rings (SSSR count). The molecule has 0 aromatic heterocycles. The first-order chi connectivity index (χ1) is 40.3. The second-order valence-electron chi connectivity index (χ2n) is 20.7. The van der Waals surface area contributed by atoms with E-state index < -0.39 is 212 Å². The van der Waals surface area contributed by atoms with Crippen molar-refractivity contribution in [2.24, 2.45) is 0 Å². The molecule has 1 fully saturated rings. The predicted molar refractivity (Wildman–Crippen MR) is 282 cm³/mol. The van der Waals surface area contributed by atoms with Gasteiger partial charge in [0.1, 0.15) is 94.5 Å². The van der Waals surface area contributed by atoms with E-state index in [9.17, 15) is 107 Å². The number of aromatic hydroxyl groups is 14. The van der Waals surface area contributed by atoms with Crippen LogP contribution >= 0.6 is 0 Å². The van der Waals surface area contributed by atoms with Crippen LogP contribution in [0.3, 0.4) is 0 Å². The zero-order valence-corrected chi connectivity index (χ0v) is 43.4. The lowest BCUT2D eigenvalue weighted by Gasteiger charge is -2.43. The second-order valence-corrected chi connectivity index (χ2v) is 20.7. The smallest absolute Gasteiger partial charge is 0.338 e. The molecule has 0 radical (unpaired) electrons. The summed E-state index contributed by atoms with van der Waals surface area (Å²) in [6.45, 7) is -0.839. The maximum atomic E-state index is 13.8. The van der Waals surface area contributed by atoms with Crippen LogP contribution in [0.2, 0.25) is 0 Å². The van der Waals surface area contributed by atoms with Crippen molar-refractivity contribution in [3.63, 3.8) is 0 Å². The molecule has 0 bridgehead atoms.